The minimum absolute atomic E-state index is 0.368. The molecule has 0 atom stereocenters. The Bertz CT molecular complexity index is 709. The van der Waals surface area contributed by atoms with Gasteiger partial charge in [0.25, 0.3) is 11.6 Å². The molecular formula is C13H12BrN3O3. The summed E-state index contributed by atoms with van der Waals surface area (Å²) in [6.07, 6.45) is 2.45. The van der Waals surface area contributed by atoms with Crippen LogP contribution < -0.4 is 4.74 Å². The van der Waals surface area contributed by atoms with Crippen molar-refractivity contribution in [2.45, 2.75) is 18.7 Å². The maximum Gasteiger partial charge on any atom is 0.265 e. The zero-order chi connectivity index (χ0) is 13.9. The number of fused-ring (bicyclic) bond motifs is 1. The molecule has 3 aromatic rings. The molecule has 0 radical (unpaired) electrons. The van der Waals surface area contributed by atoms with Crippen LogP contribution in [-0.4, -0.2) is 21.6 Å². The third-order valence-corrected chi connectivity index (χ3v) is 3.07. The highest BCUT2D eigenvalue weighted by atomic mass is 79.9. The molecule has 0 aliphatic rings. The molecule has 0 aliphatic carbocycles. The summed E-state index contributed by atoms with van der Waals surface area (Å²) in [5.41, 5.74) is 0.904. The van der Waals surface area contributed by atoms with Gasteiger partial charge in [0, 0.05) is 0 Å². The second-order valence-electron chi connectivity index (χ2n) is 4.08. The lowest BCUT2D eigenvalue weighted by molar-refractivity contribution is 0.307. The quantitative estimate of drug-likeness (QED) is 0.662. The first kappa shape index (κ1) is 13.1. The van der Waals surface area contributed by atoms with E-state index in [0.717, 1.165) is 6.42 Å². The van der Waals surface area contributed by atoms with Crippen molar-refractivity contribution >= 4 is 27.2 Å². The Balaban J connectivity index is 2.11. The number of oxazole rings is 1. The van der Waals surface area contributed by atoms with E-state index in [9.17, 15) is 0 Å². The van der Waals surface area contributed by atoms with Gasteiger partial charge in [0.05, 0.1) is 18.2 Å². The van der Waals surface area contributed by atoms with E-state index in [4.69, 9.17) is 13.6 Å². The summed E-state index contributed by atoms with van der Waals surface area (Å²) in [4.78, 5) is 13.0. The van der Waals surface area contributed by atoms with Gasteiger partial charge in [-0.1, -0.05) is 22.9 Å². The molecule has 0 saturated carbocycles. The lowest BCUT2D eigenvalue weighted by Crippen LogP contribution is -2.01. The largest absolute Gasteiger partial charge is 0.476 e. The van der Waals surface area contributed by atoms with Gasteiger partial charge in [-0.3, -0.25) is 0 Å². The SMILES string of the molecule is CCCOc1nc(CBr)nc2oc(-c3ccco3)nc12. The van der Waals surface area contributed by atoms with Crippen LogP contribution in [0.25, 0.3) is 22.9 Å². The Morgan fingerprint density at radius 1 is 1.30 bits per heavy atom. The van der Waals surface area contributed by atoms with Crippen molar-refractivity contribution < 1.29 is 13.6 Å². The zero-order valence-corrected chi connectivity index (χ0v) is 12.4. The van der Waals surface area contributed by atoms with E-state index >= 15 is 0 Å². The number of furan rings is 1. The third-order valence-electron chi connectivity index (χ3n) is 2.57. The normalized spacial score (nSPS) is 11.1. The fourth-order valence-electron chi connectivity index (χ4n) is 1.70. The van der Waals surface area contributed by atoms with E-state index in [-0.39, 0.29) is 0 Å². The van der Waals surface area contributed by atoms with Crippen LogP contribution in [0.4, 0.5) is 0 Å². The van der Waals surface area contributed by atoms with E-state index in [1.165, 1.54) is 0 Å². The molecule has 0 unspecified atom stereocenters. The fourth-order valence-corrected chi connectivity index (χ4v) is 1.96. The summed E-state index contributed by atoms with van der Waals surface area (Å²) >= 11 is 3.33. The van der Waals surface area contributed by atoms with Crippen LogP contribution in [0.5, 0.6) is 5.88 Å². The van der Waals surface area contributed by atoms with E-state index in [0.29, 0.717) is 46.5 Å². The van der Waals surface area contributed by atoms with Crippen LogP contribution in [0.1, 0.15) is 19.2 Å². The highest BCUT2D eigenvalue weighted by Crippen LogP contribution is 2.28. The Hall–Kier alpha value is -1.89. The van der Waals surface area contributed by atoms with Crippen molar-refractivity contribution in [1.29, 1.82) is 0 Å². The molecule has 0 spiro atoms. The molecule has 6 nitrogen and oxygen atoms in total. The predicted octanol–water partition coefficient (Wildman–Crippen LogP) is 3.56. The Morgan fingerprint density at radius 2 is 2.20 bits per heavy atom. The maximum absolute atomic E-state index is 5.62. The molecule has 0 fully saturated rings. The summed E-state index contributed by atoms with van der Waals surface area (Å²) in [5, 5.41) is 0.516. The number of nitrogens with zero attached hydrogens (tertiary/aromatic N) is 3. The first-order chi connectivity index (χ1) is 9.81. The topological polar surface area (TPSA) is 74.2 Å². The molecule has 0 amide bonds. The summed E-state index contributed by atoms with van der Waals surface area (Å²) < 4.78 is 16.5. The molecule has 0 aliphatic heterocycles. The van der Waals surface area contributed by atoms with E-state index in [1.54, 1.807) is 18.4 Å². The van der Waals surface area contributed by atoms with E-state index in [2.05, 4.69) is 30.9 Å². The molecule has 7 heteroatoms. The highest BCUT2D eigenvalue weighted by Gasteiger charge is 2.18. The second-order valence-corrected chi connectivity index (χ2v) is 4.64. The smallest absolute Gasteiger partial charge is 0.265 e. The first-order valence-corrected chi connectivity index (χ1v) is 7.34. The predicted molar refractivity (Wildman–Crippen MR) is 75.7 cm³/mol. The van der Waals surface area contributed by atoms with Gasteiger partial charge < -0.3 is 13.6 Å². The molecule has 0 aromatic carbocycles. The number of alkyl halides is 1. The van der Waals surface area contributed by atoms with Gasteiger partial charge in [-0.15, -0.1) is 0 Å². The summed E-state index contributed by atoms with van der Waals surface area (Å²) in [6, 6.07) is 3.55. The average Bonchev–Trinajstić information content (AvgIpc) is 3.12. The van der Waals surface area contributed by atoms with Gasteiger partial charge in [-0.25, -0.2) is 0 Å². The van der Waals surface area contributed by atoms with Crippen molar-refractivity contribution in [3.63, 3.8) is 0 Å². The number of rotatable bonds is 5. The lowest BCUT2D eigenvalue weighted by atomic mass is 10.4. The van der Waals surface area contributed by atoms with E-state index in [1.807, 2.05) is 6.92 Å². The number of hydrogen-bond acceptors (Lipinski definition) is 6. The Labute approximate surface area is 123 Å². The molecule has 0 N–H and O–H groups in total. The van der Waals surface area contributed by atoms with Gasteiger partial charge in [-0.2, -0.15) is 15.0 Å². The number of hydrogen-bond donors (Lipinski definition) is 0. The summed E-state index contributed by atoms with van der Waals surface area (Å²) in [5.74, 6) is 1.94. The Kier molecular flexibility index (Phi) is 3.68. The molecule has 0 bridgehead atoms. The number of halogens is 1. The summed E-state index contributed by atoms with van der Waals surface area (Å²) in [6.45, 7) is 2.59. The van der Waals surface area contributed by atoms with Crippen LogP contribution in [0, 0.1) is 0 Å². The monoisotopic (exact) mass is 337 g/mol. The van der Waals surface area contributed by atoms with E-state index < -0.39 is 0 Å². The fraction of sp³-hybridized carbons (Fsp3) is 0.308. The molecule has 3 aromatic heterocycles. The van der Waals surface area contributed by atoms with Crippen LogP contribution in [0.15, 0.2) is 27.2 Å². The molecule has 3 rings (SSSR count). The minimum atomic E-state index is 0.368. The zero-order valence-electron chi connectivity index (χ0n) is 10.8. The molecule has 104 valence electrons. The summed E-state index contributed by atoms with van der Waals surface area (Å²) in [7, 11) is 0. The van der Waals surface area contributed by atoms with Crippen LogP contribution in [0.3, 0.4) is 0 Å². The van der Waals surface area contributed by atoms with Gasteiger partial charge in [0.1, 0.15) is 5.82 Å². The van der Waals surface area contributed by atoms with Gasteiger partial charge in [0.15, 0.2) is 11.3 Å². The van der Waals surface area contributed by atoms with Gasteiger partial charge in [-0.05, 0) is 18.6 Å². The van der Waals surface area contributed by atoms with Gasteiger partial charge in [0.2, 0.25) is 5.88 Å². The minimum Gasteiger partial charge on any atom is -0.476 e. The van der Waals surface area contributed by atoms with Crippen LogP contribution in [0.2, 0.25) is 0 Å². The van der Waals surface area contributed by atoms with Crippen LogP contribution >= 0.6 is 15.9 Å². The van der Waals surface area contributed by atoms with Crippen molar-refractivity contribution in [2.75, 3.05) is 6.61 Å². The first-order valence-electron chi connectivity index (χ1n) is 6.22. The van der Waals surface area contributed by atoms with Crippen molar-refractivity contribution in [3.05, 3.63) is 24.2 Å². The number of aromatic nitrogens is 3. The lowest BCUT2D eigenvalue weighted by Gasteiger charge is -2.04. The molecular weight excluding hydrogens is 326 g/mol. The van der Waals surface area contributed by atoms with Gasteiger partial charge >= 0.3 is 0 Å². The molecule has 3 heterocycles. The second kappa shape index (κ2) is 5.62. The third kappa shape index (κ3) is 2.40. The standard InChI is InChI=1S/C13H12BrN3O3/c1-2-5-19-12-10-13(16-9(7-14)15-12)20-11(17-10)8-4-3-6-18-8/h3-4,6H,2,5,7H2,1H3. The molecule has 0 saturated heterocycles. The maximum atomic E-state index is 5.62. The van der Waals surface area contributed by atoms with Crippen molar-refractivity contribution in [3.8, 4) is 17.5 Å². The molecule has 20 heavy (non-hydrogen) atoms. The average molecular weight is 338 g/mol. The van der Waals surface area contributed by atoms with Crippen molar-refractivity contribution in [2.24, 2.45) is 0 Å². The van der Waals surface area contributed by atoms with Crippen LogP contribution in [-0.2, 0) is 5.33 Å². The highest BCUT2D eigenvalue weighted by molar-refractivity contribution is 9.08. The number of ether oxygens (including phenoxy) is 1. The van der Waals surface area contributed by atoms with Crippen molar-refractivity contribution in [1.82, 2.24) is 15.0 Å². The Morgan fingerprint density at radius 3 is 2.90 bits per heavy atom.